The largest absolute Gasteiger partial charge is 0.465 e. The van der Waals surface area contributed by atoms with Crippen molar-refractivity contribution in [2.45, 2.75) is 18.7 Å². The van der Waals surface area contributed by atoms with E-state index in [4.69, 9.17) is 51.8 Å². The average Bonchev–Trinajstić information content (AvgIpc) is 2.76. The monoisotopic (exact) mass is 517 g/mol. The van der Waals surface area contributed by atoms with Crippen molar-refractivity contribution < 1.29 is 9.53 Å². The molecule has 168 valence electrons. The molecule has 0 saturated carbocycles. The molecular weight excluding hydrogens is 501 g/mol. The van der Waals surface area contributed by atoms with Gasteiger partial charge in [0.25, 0.3) is 0 Å². The van der Waals surface area contributed by atoms with Crippen molar-refractivity contribution in [2.24, 2.45) is 5.92 Å². The highest BCUT2D eigenvalue weighted by molar-refractivity contribution is 7.80. The zero-order valence-corrected chi connectivity index (χ0v) is 20.4. The molecule has 3 atom stereocenters. The fourth-order valence-corrected chi connectivity index (χ4v) is 5.61. The first-order valence-corrected chi connectivity index (χ1v) is 11.7. The van der Waals surface area contributed by atoms with Crippen molar-refractivity contribution in [3.05, 3.63) is 87.4 Å². The summed E-state index contributed by atoms with van der Waals surface area (Å²) in [6.45, 7) is 1.85. The summed E-state index contributed by atoms with van der Waals surface area (Å²) in [4.78, 5) is 15.6. The molecule has 2 bridgehead atoms. The molecule has 3 aromatic rings. The molecule has 0 aromatic heterocycles. The number of hydrogen-bond donors (Lipinski definition) is 2. The molecule has 0 spiro atoms. The van der Waals surface area contributed by atoms with Gasteiger partial charge in [0.2, 0.25) is 5.91 Å². The molecule has 0 aliphatic carbocycles. The van der Waals surface area contributed by atoms with Crippen LogP contribution >= 0.6 is 47.0 Å². The number of nitrogens with zero attached hydrogens (tertiary/aromatic N) is 1. The Bertz CT molecular complexity index is 1260. The number of benzene rings is 3. The molecule has 1 fully saturated rings. The van der Waals surface area contributed by atoms with Gasteiger partial charge < -0.3 is 15.4 Å². The maximum atomic E-state index is 13.7. The van der Waals surface area contributed by atoms with Crippen molar-refractivity contribution in [1.29, 1.82) is 0 Å². The Morgan fingerprint density at radius 1 is 1.06 bits per heavy atom. The number of amides is 1. The smallest absolute Gasteiger partial charge is 0.236 e. The maximum absolute atomic E-state index is 13.7. The van der Waals surface area contributed by atoms with Crippen LogP contribution in [0.4, 0.5) is 11.4 Å². The Labute approximate surface area is 211 Å². The van der Waals surface area contributed by atoms with E-state index in [-0.39, 0.29) is 5.91 Å². The van der Waals surface area contributed by atoms with Crippen molar-refractivity contribution >= 4 is 69.4 Å². The van der Waals surface area contributed by atoms with Crippen LogP contribution in [0.5, 0.6) is 5.75 Å². The lowest BCUT2D eigenvalue weighted by atomic mass is 9.78. The minimum Gasteiger partial charge on any atom is -0.465 e. The van der Waals surface area contributed by atoms with E-state index in [1.54, 1.807) is 36.4 Å². The predicted octanol–water partition coefficient (Wildman–Crippen LogP) is 6.45. The Balaban J connectivity index is 1.64. The first kappa shape index (κ1) is 22.3. The fraction of sp³-hybridized carbons (Fsp3) is 0.167. The van der Waals surface area contributed by atoms with E-state index in [9.17, 15) is 4.79 Å². The number of thiocarbonyl (C=S) groups is 1. The first-order valence-electron chi connectivity index (χ1n) is 10.2. The minimum atomic E-state index is -1.17. The third kappa shape index (κ3) is 3.81. The number of ether oxygens (including phenoxy) is 1. The van der Waals surface area contributed by atoms with Crippen LogP contribution in [-0.4, -0.2) is 16.7 Å². The van der Waals surface area contributed by atoms with E-state index >= 15 is 0 Å². The first-order chi connectivity index (χ1) is 15.8. The summed E-state index contributed by atoms with van der Waals surface area (Å²) in [5.74, 6) is -0.482. The van der Waals surface area contributed by atoms with E-state index in [1.165, 1.54) is 0 Å². The number of carbonyl (C=O) groups is 1. The lowest BCUT2D eigenvalue weighted by Gasteiger charge is -2.56. The summed E-state index contributed by atoms with van der Waals surface area (Å²) < 4.78 is 6.53. The normalized spacial score (nSPS) is 23.3. The van der Waals surface area contributed by atoms with Gasteiger partial charge in [-0.2, -0.15) is 0 Å². The van der Waals surface area contributed by atoms with Crippen molar-refractivity contribution in [3.8, 4) is 5.75 Å². The van der Waals surface area contributed by atoms with Gasteiger partial charge in [0.15, 0.2) is 10.8 Å². The summed E-state index contributed by atoms with van der Waals surface area (Å²) in [5, 5.41) is 8.15. The molecular formula is C24H18Cl3N3O2S. The van der Waals surface area contributed by atoms with Crippen molar-refractivity contribution in [2.75, 3.05) is 10.2 Å². The van der Waals surface area contributed by atoms with Crippen LogP contribution < -0.4 is 20.3 Å². The molecule has 3 aromatic carbocycles. The molecule has 5 nitrogen and oxygen atoms in total. The predicted molar refractivity (Wildman–Crippen MR) is 136 cm³/mol. The maximum Gasteiger partial charge on any atom is 0.236 e. The van der Waals surface area contributed by atoms with E-state index in [1.807, 2.05) is 42.2 Å². The lowest BCUT2D eigenvalue weighted by molar-refractivity contribution is -0.130. The minimum absolute atomic E-state index is 0.248. The molecule has 0 unspecified atom stereocenters. The summed E-state index contributed by atoms with van der Waals surface area (Å²) in [7, 11) is 0. The van der Waals surface area contributed by atoms with Gasteiger partial charge in [-0.25, -0.2) is 0 Å². The second-order valence-corrected chi connectivity index (χ2v) is 9.70. The second-order valence-electron chi connectivity index (χ2n) is 8.03. The van der Waals surface area contributed by atoms with Crippen LogP contribution in [0.15, 0.2) is 66.7 Å². The van der Waals surface area contributed by atoms with E-state index in [0.29, 0.717) is 37.2 Å². The molecule has 2 aliphatic rings. The van der Waals surface area contributed by atoms with Gasteiger partial charge in [0.05, 0.1) is 11.1 Å². The average molecular weight is 519 g/mol. The molecule has 1 saturated heterocycles. The molecule has 2 aliphatic heterocycles. The molecule has 2 heterocycles. The molecule has 2 N–H and O–H groups in total. The van der Waals surface area contributed by atoms with Crippen molar-refractivity contribution in [1.82, 2.24) is 5.32 Å². The van der Waals surface area contributed by atoms with Gasteiger partial charge in [-0.15, -0.1) is 0 Å². The summed E-state index contributed by atoms with van der Waals surface area (Å²) in [5.41, 5.74) is 0.912. The number of halogens is 3. The summed E-state index contributed by atoms with van der Waals surface area (Å²) in [6, 6.07) is 19.3. The Kier molecular flexibility index (Phi) is 5.65. The van der Waals surface area contributed by atoms with Crippen LogP contribution in [0, 0.1) is 5.92 Å². The molecule has 1 amide bonds. The van der Waals surface area contributed by atoms with Crippen molar-refractivity contribution in [3.63, 3.8) is 0 Å². The number of para-hydroxylation sites is 1. The standard InChI is InChI=1S/C24H18Cl3N3O2S/c1-24-19(22(31)28-15-9-7-13(25)8-10-15)20(17-11-14(26)12-18(27)21(17)32-24)29-23(33)30(24)16-5-3-2-4-6-16/h2-12,19-20H,1H3,(H,28,31)(H,29,33)/t19-,20+,24-/m1/s1. The van der Waals surface area contributed by atoms with Gasteiger partial charge in [-0.1, -0.05) is 53.0 Å². The molecule has 33 heavy (non-hydrogen) atoms. The van der Waals surface area contributed by atoms with Gasteiger partial charge in [0.1, 0.15) is 11.7 Å². The van der Waals surface area contributed by atoms with Crippen LogP contribution in [0.2, 0.25) is 15.1 Å². The number of carbonyl (C=O) groups excluding carboxylic acids is 1. The third-order valence-corrected chi connectivity index (χ3v) is 6.98. The third-order valence-electron chi connectivity index (χ3n) is 5.93. The number of fused-ring (bicyclic) bond motifs is 4. The van der Waals surface area contributed by atoms with E-state index < -0.39 is 17.7 Å². The van der Waals surface area contributed by atoms with Gasteiger partial charge in [0, 0.05) is 27.0 Å². The second kappa shape index (κ2) is 8.37. The highest BCUT2D eigenvalue weighted by Crippen LogP contribution is 2.52. The number of hydrogen-bond acceptors (Lipinski definition) is 3. The zero-order valence-electron chi connectivity index (χ0n) is 17.3. The Morgan fingerprint density at radius 3 is 2.45 bits per heavy atom. The van der Waals surface area contributed by atoms with Gasteiger partial charge in [-0.05, 0) is 67.7 Å². The van der Waals surface area contributed by atoms with Crippen LogP contribution in [-0.2, 0) is 4.79 Å². The SMILES string of the molecule is C[C@]12Oc3c(Cl)cc(Cl)cc3[C@H](NC(=S)N1c1ccccc1)[C@@H]2C(=O)Nc1ccc(Cl)cc1. The molecule has 5 rings (SSSR count). The van der Waals surface area contributed by atoms with Crippen LogP contribution in [0.3, 0.4) is 0 Å². The zero-order chi connectivity index (χ0) is 23.3. The molecule has 9 heteroatoms. The lowest BCUT2D eigenvalue weighted by Crippen LogP contribution is -2.72. The van der Waals surface area contributed by atoms with E-state index in [2.05, 4.69) is 10.6 Å². The van der Waals surface area contributed by atoms with E-state index in [0.717, 1.165) is 5.69 Å². The Hall–Kier alpha value is -2.51. The summed E-state index contributed by atoms with van der Waals surface area (Å²) >= 11 is 24.6. The van der Waals surface area contributed by atoms with Gasteiger partial charge in [-0.3, -0.25) is 9.69 Å². The topological polar surface area (TPSA) is 53.6 Å². The van der Waals surface area contributed by atoms with Crippen LogP contribution in [0.1, 0.15) is 18.5 Å². The highest BCUT2D eigenvalue weighted by Gasteiger charge is 2.59. The van der Waals surface area contributed by atoms with Crippen LogP contribution in [0.25, 0.3) is 0 Å². The highest BCUT2D eigenvalue weighted by atomic mass is 35.5. The number of anilines is 2. The molecule has 0 radical (unpaired) electrons. The quantitative estimate of drug-likeness (QED) is 0.391. The Morgan fingerprint density at radius 2 is 1.76 bits per heavy atom. The number of nitrogens with one attached hydrogen (secondary N) is 2. The number of rotatable bonds is 3. The fourth-order valence-electron chi connectivity index (χ4n) is 4.52. The van der Waals surface area contributed by atoms with Gasteiger partial charge >= 0.3 is 0 Å². The summed E-state index contributed by atoms with van der Waals surface area (Å²) in [6.07, 6.45) is 0.